The van der Waals surface area contributed by atoms with Crippen molar-refractivity contribution in [2.45, 2.75) is 18.4 Å². The molecule has 6 rings (SSSR count). The number of hydrogen-bond donors (Lipinski definition) is 1. The number of rotatable bonds is 1. The van der Waals surface area contributed by atoms with Crippen molar-refractivity contribution in [3.8, 4) is 17.2 Å². The number of nitrogens with zero attached hydrogens (tertiary/aromatic N) is 4. The third-order valence-electron chi connectivity index (χ3n) is 7.52. The van der Waals surface area contributed by atoms with Crippen LogP contribution in [0.2, 0.25) is 0 Å². The molecule has 6 nitrogen and oxygen atoms in total. The summed E-state index contributed by atoms with van der Waals surface area (Å²) in [6.45, 7) is 0. The lowest BCUT2D eigenvalue weighted by molar-refractivity contribution is 0.595. The Morgan fingerprint density at radius 2 is 1.81 bits per heavy atom. The average molecular weight is 472 g/mol. The first-order chi connectivity index (χ1) is 17.4. The summed E-state index contributed by atoms with van der Waals surface area (Å²) in [7, 11) is 3.73. The number of aromatic nitrogens is 3. The van der Waals surface area contributed by atoms with Gasteiger partial charge in [0.2, 0.25) is 0 Å². The summed E-state index contributed by atoms with van der Waals surface area (Å²) in [6, 6.07) is 24.3. The van der Waals surface area contributed by atoms with Crippen molar-refractivity contribution in [3.63, 3.8) is 0 Å². The van der Waals surface area contributed by atoms with E-state index in [4.69, 9.17) is 5.73 Å². The van der Waals surface area contributed by atoms with E-state index < -0.39 is 5.54 Å². The smallest absolute Gasteiger partial charge is 0.251 e. The van der Waals surface area contributed by atoms with E-state index in [9.17, 15) is 10.1 Å². The van der Waals surface area contributed by atoms with Crippen LogP contribution in [0.4, 0.5) is 0 Å². The van der Waals surface area contributed by atoms with Crippen LogP contribution in [-0.2, 0) is 32.5 Å². The third kappa shape index (κ3) is 3.21. The number of benzene rings is 3. The van der Waals surface area contributed by atoms with E-state index >= 15 is 0 Å². The Morgan fingerprint density at radius 3 is 2.58 bits per heavy atom. The number of fused-ring (bicyclic) bond motifs is 6. The van der Waals surface area contributed by atoms with Gasteiger partial charge in [-0.15, -0.1) is 0 Å². The molecule has 0 saturated heterocycles. The Morgan fingerprint density at radius 1 is 1.00 bits per heavy atom. The average Bonchev–Trinajstić information content (AvgIpc) is 3.34. The van der Waals surface area contributed by atoms with Gasteiger partial charge >= 0.3 is 0 Å². The Hall–Kier alpha value is -4.47. The Balaban J connectivity index is 1.77. The molecular weight excluding hydrogens is 446 g/mol. The van der Waals surface area contributed by atoms with E-state index in [-0.39, 0.29) is 5.56 Å². The van der Waals surface area contributed by atoms with Crippen LogP contribution in [0.3, 0.4) is 0 Å². The second-order valence-corrected chi connectivity index (χ2v) is 9.57. The van der Waals surface area contributed by atoms with Crippen LogP contribution < -0.4 is 11.3 Å². The van der Waals surface area contributed by atoms with Gasteiger partial charge in [-0.3, -0.25) is 4.79 Å². The van der Waals surface area contributed by atoms with Crippen LogP contribution in [0.1, 0.15) is 33.5 Å². The second kappa shape index (κ2) is 8.04. The molecule has 6 bridgehead atoms. The standard InChI is InChI=1S/C30H25N5O/c1-34-18-33-17-28(34)30(32)23-9-8-22(16-31)20(13-23)7-6-19-4-3-5-21(12-19)25-15-29(36)35(2)27-11-10-24(30)14-26(25)27/h3-5,8-15,17-18H,6-7,32H2,1-2H3. The summed E-state index contributed by atoms with van der Waals surface area (Å²) in [5.41, 5.74) is 14.4. The molecule has 1 aliphatic rings. The van der Waals surface area contributed by atoms with Crippen LogP contribution >= 0.6 is 0 Å². The van der Waals surface area contributed by atoms with Crippen molar-refractivity contribution >= 4 is 10.9 Å². The van der Waals surface area contributed by atoms with Crippen molar-refractivity contribution < 1.29 is 0 Å². The lowest BCUT2D eigenvalue weighted by Gasteiger charge is -2.32. The molecule has 0 fully saturated rings. The topological polar surface area (TPSA) is 89.6 Å². The fourth-order valence-corrected chi connectivity index (χ4v) is 5.47. The summed E-state index contributed by atoms with van der Waals surface area (Å²) in [5, 5.41) is 10.8. The zero-order valence-corrected chi connectivity index (χ0v) is 20.2. The van der Waals surface area contributed by atoms with Crippen LogP contribution in [-0.4, -0.2) is 14.1 Å². The second-order valence-electron chi connectivity index (χ2n) is 9.57. The number of nitrogens with two attached hydrogens (primary N) is 1. The number of nitriles is 1. The van der Waals surface area contributed by atoms with Crippen molar-refractivity contribution in [2.24, 2.45) is 19.8 Å². The van der Waals surface area contributed by atoms with Crippen molar-refractivity contribution in [3.05, 3.63) is 123 Å². The first-order valence-electron chi connectivity index (χ1n) is 11.9. The molecule has 36 heavy (non-hydrogen) atoms. The van der Waals surface area contributed by atoms with Gasteiger partial charge in [-0.05, 0) is 64.4 Å². The maximum atomic E-state index is 12.9. The fraction of sp³-hybridized carbons (Fsp3) is 0.167. The normalized spacial score (nSPS) is 16.7. The van der Waals surface area contributed by atoms with E-state index in [0.717, 1.165) is 56.4 Å². The maximum absolute atomic E-state index is 12.9. The first-order valence-corrected chi connectivity index (χ1v) is 11.9. The van der Waals surface area contributed by atoms with Crippen LogP contribution in [0.5, 0.6) is 0 Å². The Kier molecular flexibility index (Phi) is 4.92. The van der Waals surface area contributed by atoms with Gasteiger partial charge in [-0.1, -0.05) is 42.5 Å². The SMILES string of the molecule is Cn1cncc1C1(N)c2ccc(C#N)c(c2)CCc2cccc(c2)-c2cc(=O)n(C)c3ccc1cc23. The molecule has 2 N–H and O–H groups in total. The van der Waals surface area contributed by atoms with Crippen LogP contribution in [0.15, 0.2) is 84.0 Å². The molecule has 1 unspecified atom stereocenters. The zero-order valence-electron chi connectivity index (χ0n) is 20.2. The maximum Gasteiger partial charge on any atom is 0.251 e. The van der Waals surface area contributed by atoms with Gasteiger partial charge in [0.25, 0.3) is 5.56 Å². The lowest BCUT2D eigenvalue weighted by atomic mass is 9.79. The van der Waals surface area contributed by atoms with Gasteiger partial charge in [0.1, 0.15) is 5.54 Å². The summed E-state index contributed by atoms with van der Waals surface area (Å²) in [5.74, 6) is 0. The largest absolute Gasteiger partial charge is 0.336 e. The van der Waals surface area contributed by atoms with E-state index in [1.807, 2.05) is 48.0 Å². The van der Waals surface area contributed by atoms with Gasteiger partial charge < -0.3 is 14.9 Å². The molecule has 2 aromatic heterocycles. The Labute approximate surface area is 208 Å². The van der Waals surface area contributed by atoms with Crippen LogP contribution in [0.25, 0.3) is 22.0 Å². The van der Waals surface area contributed by atoms with Gasteiger partial charge in [0.15, 0.2) is 0 Å². The molecule has 1 atom stereocenters. The minimum atomic E-state index is -1.03. The minimum Gasteiger partial charge on any atom is -0.336 e. The first kappa shape index (κ1) is 22.0. The highest BCUT2D eigenvalue weighted by molar-refractivity contribution is 5.95. The molecular formula is C30H25N5O. The highest BCUT2D eigenvalue weighted by Crippen LogP contribution is 2.38. The highest BCUT2D eigenvalue weighted by Gasteiger charge is 2.35. The predicted octanol–water partition coefficient (Wildman–Crippen LogP) is 4.16. The van der Waals surface area contributed by atoms with Gasteiger partial charge in [-0.25, -0.2) is 4.98 Å². The molecule has 0 aliphatic heterocycles. The summed E-state index contributed by atoms with van der Waals surface area (Å²) >= 11 is 0. The van der Waals surface area contributed by atoms with Crippen molar-refractivity contribution in [1.29, 1.82) is 5.26 Å². The van der Waals surface area contributed by atoms with E-state index in [2.05, 4.69) is 35.3 Å². The monoisotopic (exact) mass is 471 g/mol. The quantitative estimate of drug-likeness (QED) is 0.398. The lowest BCUT2D eigenvalue weighted by Crippen LogP contribution is -2.41. The highest BCUT2D eigenvalue weighted by atomic mass is 16.1. The number of hydrogen-bond acceptors (Lipinski definition) is 4. The molecule has 0 saturated carbocycles. The predicted molar refractivity (Wildman–Crippen MR) is 140 cm³/mol. The molecule has 3 aromatic carbocycles. The summed E-state index contributed by atoms with van der Waals surface area (Å²) < 4.78 is 3.61. The molecule has 0 radical (unpaired) electrons. The molecule has 5 aromatic rings. The molecule has 1 aliphatic carbocycles. The summed E-state index contributed by atoms with van der Waals surface area (Å²) in [4.78, 5) is 17.3. The third-order valence-corrected chi connectivity index (χ3v) is 7.52. The zero-order chi connectivity index (χ0) is 25.0. The summed E-state index contributed by atoms with van der Waals surface area (Å²) in [6.07, 6.45) is 5.01. The van der Waals surface area contributed by atoms with E-state index in [0.29, 0.717) is 12.0 Å². The molecule has 2 heterocycles. The number of aryl methyl sites for hydroxylation is 4. The number of pyridine rings is 1. The fourth-order valence-electron chi connectivity index (χ4n) is 5.47. The van der Waals surface area contributed by atoms with Gasteiger partial charge in [0.05, 0.1) is 35.4 Å². The molecule has 6 heteroatoms. The Bertz CT molecular complexity index is 1770. The molecule has 176 valence electrons. The van der Waals surface area contributed by atoms with E-state index in [1.165, 1.54) is 0 Å². The van der Waals surface area contributed by atoms with Gasteiger partial charge in [-0.2, -0.15) is 5.26 Å². The minimum absolute atomic E-state index is 0.0593. The number of imidazole rings is 1. The van der Waals surface area contributed by atoms with Crippen molar-refractivity contribution in [2.75, 3.05) is 0 Å². The molecule has 0 amide bonds. The molecule has 0 spiro atoms. The van der Waals surface area contributed by atoms with E-state index in [1.54, 1.807) is 30.2 Å². The van der Waals surface area contributed by atoms with Crippen LogP contribution in [0, 0.1) is 11.3 Å². The van der Waals surface area contributed by atoms with Crippen molar-refractivity contribution in [1.82, 2.24) is 14.1 Å². The van der Waals surface area contributed by atoms with Gasteiger partial charge in [0, 0.05) is 25.5 Å².